The molecule has 0 saturated carbocycles. The van der Waals surface area contributed by atoms with Crippen molar-refractivity contribution in [3.05, 3.63) is 33.0 Å². The number of amides is 1. The predicted molar refractivity (Wildman–Crippen MR) is 87.4 cm³/mol. The molecule has 1 aliphatic carbocycles. The third-order valence-corrected chi connectivity index (χ3v) is 4.56. The zero-order chi connectivity index (χ0) is 14.9. The average Bonchev–Trinajstić information content (AvgIpc) is 2.61. The van der Waals surface area contributed by atoms with Crippen molar-refractivity contribution in [1.29, 1.82) is 0 Å². The van der Waals surface area contributed by atoms with Crippen molar-refractivity contribution in [2.24, 2.45) is 5.92 Å². The minimum absolute atomic E-state index is 0.206. The fourth-order valence-corrected chi connectivity index (χ4v) is 3.36. The molecule has 0 atom stereocenters. The number of rotatable bonds is 4. The maximum Gasteiger partial charge on any atom is 0.258 e. The molecule has 20 heavy (non-hydrogen) atoms. The largest absolute Gasteiger partial charge is 0.308 e. The van der Waals surface area contributed by atoms with Gasteiger partial charge in [-0.25, -0.2) is 0 Å². The Morgan fingerprint density at radius 2 is 2.05 bits per heavy atom. The summed E-state index contributed by atoms with van der Waals surface area (Å²) >= 11 is 3.59. The highest BCUT2D eigenvalue weighted by molar-refractivity contribution is 9.11. The van der Waals surface area contributed by atoms with Crippen LogP contribution in [0.4, 0.5) is 0 Å². The van der Waals surface area contributed by atoms with Crippen molar-refractivity contribution in [1.82, 2.24) is 4.90 Å². The number of halogens is 1. The summed E-state index contributed by atoms with van der Waals surface area (Å²) in [6.07, 6.45) is 6.35. The first kappa shape index (κ1) is 15.6. The third kappa shape index (κ3) is 3.08. The van der Waals surface area contributed by atoms with E-state index in [1.165, 1.54) is 16.5 Å². The second-order valence-electron chi connectivity index (χ2n) is 6.32. The number of hydrogen-bond donors (Lipinski definition) is 0. The van der Waals surface area contributed by atoms with Gasteiger partial charge in [0.2, 0.25) is 0 Å². The van der Waals surface area contributed by atoms with Crippen LogP contribution in [0.3, 0.4) is 0 Å². The molecule has 0 aromatic rings. The molecule has 0 aromatic carbocycles. The first-order valence-corrected chi connectivity index (χ1v) is 8.30. The number of carbonyl (C=O) groups is 1. The van der Waals surface area contributed by atoms with Gasteiger partial charge in [-0.2, -0.15) is 0 Å². The lowest BCUT2D eigenvalue weighted by molar-refractivity contribution is -0.124. The van der Waals surface area contributed by atoms with Crippen LogP contribution in [0, 0.1) is 5.92 Å². The van der Waals surface area contributed by atoms with Crippen LogP contribution in [0.2, 0.25) is 0 Å². The van der Waals surface area contributed by atoms with Crippen LogP contribution in [0.15, 0.2) is 33.0 Å². The first-order chi connectivity index (χ1) is 9.41. The monoisotopic (exact) mass is 337 g/mol. The van der Waals surface area contributed by atoms with Crippen LogP contribution in [0.25, 0.3) is 0 Å². The van der Waals surface area contributed by atoms with E-state index in [-0.39, 0.29) is 5.91 Å². The lowest BCUT2D eigenvalue weighted by Gasteiger charge is -2.21. The molecule has 1 aliphatic heterocycles. The quantitative estimate of drug-likeness (QED) is 0.666. The van der Waals surface area contributed by atoms with E-state index in [1.807, 2.05) is 18.7 Å². The average molecular weight is 338 g/mol. The van der Waals surface area contributed by atoms with E-state index in [9.17, 15) is 4.79 Å². The Balaban J connectivity index is 2.26. The Bertz CT molecular complexity index is 507. The third-order valence-electron chi connectivity index (χ3n) is 3.93. The molecule has 0 spiro atoms. The molecular weight excluding hydrogens is 314 g/mol. The van der Waals surface area contributed by atoms with Crippen LogP contribution in [-0.2, 0) is 4.79 Å². The molecule has 2 aliphatic rings. The summed E-state index contributed by atoms with van der Waals surface area (Å²) in [7, 11) is 0. The van der Waals surface area contributed by atoms with Crippen molar-refractivity contribution < 1.29 is 4.79 Å². The topological polar surface area (TPSA) is 20.3 Å². The van der Waals surface area contributed by atoms with Crippen molar-refractivity contribution in [2.75, 3.05) is 6.54 Å². The Morgan fingerprint density at radius 1 is 1.35 bits per heavy atom. The van der Waals surface area contributed by atoms with Crippen LogP contribution in [-0.4, -0.2) is 17.4 Å². The van der Waals surface area contributed by atoms with E-state index in [2.05, 4.69) is 35.9 Å². The van der Waals surface area contributed by atoms with E-state index in [0.29, 0.717) is 5.92 Å². The first-order valence-electron chi connectivity index (χ1n) is 7.50. The Kier molecular flexibility index (Phi) is 4.90. The number of carbonyl (C=O) groups excluding carboxylic acids is 1. The highest BCUT2D eigenvalue weighted by Crippen LogP contribution is 2.40. The summed E-state index contributed by atoms with van der Waals surface area (Å²) in [5, 5.41) is 0. The second-order valence-corrected chi connectivity index (χ2v) is 7.34. The highest BCUT2D eigenvalue weighted by atomic mass is 79.9. The Labute approximate surface area is 130 Å². The van der Waals surface area contributed by atoms with Crippen LogP contribution in [0.5, 0.6) is 0 Å². The van der Waals surface area contributed by atoms with Gasteiger partial charge in [0.05, 0.1) is 0 Å². The standard InChI is InChI=1S/C17H24BrNO/c1-11(2)6-5-9-19-15-10-13(18)7-8-14(15)16(12(3)4)17(19)20/h10-11H,5-9H2,1-4H3. The van der Waals surface area contributed by atoms with E-state index in [4.69, 9.17) is 0 Å². The highest BCUT2D eigenvalue weighted by Gasteiger charge is 2.35. The summed E-state index contributed by atoms with van der Waals surface area (Å²) < 4.78 is 1.20. The van der Waals surface area contributed by atoms with E-state index in [0.717, 1.165) is 42.7 Å². The molecule has 0 aromatic heterocycles. The van der Waals surface area contributed by atoms with Crippen molar-refractivity contribution in [3.63, 3.8) is 0 Å². The molecule has 1 amide bonds. The molecular formula is C17H24BrNO. The van der Waals surface area contributed by atoms with Crippen molar-refractivity contribution >= 4 is 21.8 Å². The SMILES string of the molecule is CC(C)=C1C(=O)N(CCCC(C)C)C2=C1CCC(Br)=C2. The number of hydrogen-bond acceptors (Lipinski definition) is 1. The maximum atomic E-state index is 12.7. The fourth-order valence-electron chi connectivity index (χ4n) is 2.94. The van der Waals surface area contributed by atoms with Gasteiger partial charge < -0.3 is 4.90 Å². The molecule has 1 heterocycles. The lowest BCUT2D eigenvalue weighted by atomic mass is 9.95. The van der Waals surface area contributed by atoms with E-state index >= 15 is 0 Å². The van der Waals surface area contributed by atoms with Crippen LogP contribution in [0.1, 0.15) is 53.4 Å². The van der Waals surface area contributed by atoms with Gasteiger partial charge in [0.1, 0.15) is 0 Å². The molecule has 2 rings (SSSR count). The van der Waals surface area contributed by atoms with E-state index in [1.54, 1.807) is 0 Å². The van der Waals surface area contributed by atoms with Gasteiger partial charge in [0.25, 0.3) is 5.91 Å². The molecule has 0 saturated heterocycles. The normalized spacial score (nSPS) is 18.9. The number of nitrogens with zero attached hydrogens (tertiary/aromatic N) is 1. The van der Waals surface area contributed by atoms with Gasteiger partial charge in [-0.05, 0) is 61.6 Å². The van der Waals surface area contributed by atoms with Gasteiger partial charge in [0.15, 0.2) is 0 Å². The molecule has 0 N–H and O–H groups in total. The predicted octanol–water partition coefficient (Wildman–Crippen LogP) is 4.93. The van der Waals surface area contributed by atoms with Gasteiger partial charge in [-0.1, -0.05) is 35.4 Å². The van der Waals surface area contributed by atoms with E-state index < -0.39 is 0 Å². The van der Waals surface area contributed by atoms with Crippen molar-refractivity contribution in [3.8, 4) is 0 Å². The number of allylic oxidation sites excluding steroid dienone is 3. The summed E-state index contributed by atoms with van der Waals surface area (Å²) in [6, 6.07) is 0. The summed E-state index contributed by atoms with van der Waals surface area (Å²) in [5.41, 5.74) is 4.48. The maximum absolute atomic E-state index is 12.7. The minimum atomic E-state index is 0.206. The zero-order valence-corrected chi connectivity index (χ0v) is 14.5. The van der Waals surface area contributed by atoms with Crippen LogP contribution >= 0.6 is 15.9 Å². The van der Waals surface area contributed by atoms with Gasteiger partial charge in [0, 0.05) is 17.8 Å². The fraction of sp³-hybridized carbons (Fsp3) is 0.588. The molecule has 0 radical (unpaired) electrons. The molecule has 2 nitrogen and oxygen atoms in total. The summed E-state index contributed by atoms with van der Waals surface area (Å²) in [4.78, 5) is 14.7. The van der Waals surface area contributed by atoms with Gasteiger partial charge >= 0.3 is 0 Å². The van der Waals surface area contributed by atoms with Gasteiger partial charge in [-0.3, -0.25) is 4.79 Å². The Morgan fingerprint density at radius 3 is 2.65 bits per heavy atom. The molecule has 3 heteroatoms. The smallest absolute Gasteiger partial charge is 0.258 e. The van der Waals surface area contributed by atoms with Crippen LogP contribution < -0.4 is 0 Å². The molecule has 0 fully saturated rings. The molecule has 0 unspecified atom stereocenters. The molecule has 0 bridgehead atoms. The van der Waals surface area contributed by atoms with Crippen molar-refractivity contribution in [2.45, 2.75) is 53.4 Å². The lowest BCUT2D eigenvalue weighted by Crippen LogP contribution is -2.27. The summed E-state index contributed by atoms with van der Waals surface area (Å²) in [5.74, 6) is 0.898. The molecule has 110 valence electrons. The minimum Gasteiger partial charge on any atom is -0.308 e. The second kappa shape index (κ2) is 6.30. The zero-order valence-electron chi connectivity index (χ0n) is 12.9. The Hall–Kier alpha value is -0.830. The summed E-state index contributed by atoms with van der Waals surface area (Å²) in [6.45, 7) is 9.39. The van der Waals surface area contributed by atoms with Gasteiger partial charge in [-0.15, -0.1) is 0 Å².